The fraction of sp³-hybridized carbons (Fsp3) is 0.462. The normalized spacial score (nSPS) is 17.9. The number of rotatable bonds is 5. The number of anilines is 1. The smallest absolute Gasteiger partial charge is 0.342 e. The van der Waals surface area contributed by atoms with E-state index in [1.165, 1.54) is 12.1 Å². The van der Waals surface area contributed by atoms with Crippen molar-refractivity contribution in [2.24, 2.45) is 0 Å². The van der Waals surface area contributed by atoms with Crippen LogP contribution in [0.3, 0.4) is 0 Å². The van der Waals surface area contributed by atoms with Gasteiger partial charge in [-0.3, -0.25) is 10.1 Å². The molecule has 0 spiro atoms. The van der Waals surface area contributed by atoms with E-state index in [9.17, 15) is 14.9 Å². The van der Waals surface area contributed by atoms with Crippen molar-refractivity contribution in [3.63, 3.8) is 0 Å². The van der Waals surface area contributed by atoms with Crippen LogP contribution in [0.4, 0.5) is 11.4 Å². The molecule has 0 aromatic heterocycles. The van der Waals surface area contributed by atoms with Gasteiger partial charge >= 0.3 is 5.97 Å². The Morgan fingerprint density at radius 1 is 1.60 bits per heavy atom. The summed E-state index contributed by atoms with van der Waals surface area (Å²) >= 11 is 0. The van der Waals surface area contributed by atoms with Crippen molar-refractivity contribution in [3.05, 3.63) is 33.9 Å². The predicted molar refractivity (Wildman–Crippen MR) is 72.3 cm³/mol. The third kappa shape index (κ3) is 3.05. The fourth-order valence-electron chi connectivity index (χ4n) is 2.29. The lowest BCUT2D eigenvalue weighted by molar-refractivity contribution is -0.385. The summed E-state index contributed by atoms with van der Waals surface area (Å²) in [7, 11) is 1.81. The molecule has 7 heteroatoms. The second-order valence-electron chi connectivity index (χ2n) is 4.78. The molecule has 108 valence electrons. The highest BCUT2D eigenvalue weighted by molar-refractivity contribution is 5.93. The minimum Gasteiger partial charge on any atom is -0.477 e. The van der Waals surface area contributed by atoms with Gasteiger partial charge in [0, 0.05) is 32.0 Å². The van der Waals surface area contributed by atoms with Crippen molar-refractivity contribution < 1.29 is 19.6 Å². The Balaban J connectivity index is 2.21. The van der Waals surface area contributed by atoms with Gasteiger partial charge < -0.3 is 14.7 Å². The first-order chi connectivity index (χ1) is 9.49. The third-order valence-electron chi connectivity index (χ3n) is 3.35. The number of carbonyl (C=O) groups is 1. The Kier molecular flexibility index (Phi) is 4.19. The van der Waals surface area contributed by atoms with Crippen molar-refractivity contribution in [2.75, 3.05) is 25.1 Å². The first kappa shape index (κ1) is 14.3. The van der Waals surface area contributed by atoms with Crippen molar-refractivity contribution in [3.8, 4) is 0 Å². The van der Waals surface area contributed by atoms with E-state index in [2.05, 4.69) is 0 Å². The van der Waals surface area contributed by atoms with Gasteiger partial charge in [-0.15, -0.1) is 0 Å². The molecule has 1 unspecified atom stereocenters. The molecule has 1 N–H and O–H groups in total. The summed E-state index contributed by atoms with van der Waals surface area (Å²) in [4.78, 5) is 23.1. The van der Waals surface area contributed by atoms with Gasteiger partial charge in [0.05, 0.1) is 11.0 Å². The van der Waals surface area contributed by atoms with Gasteiger partial charge in [-0.2, -0.15) is 0 Å². The van der Waals surface area contributed by atoms with E-state index in [1.807, 2.05) is 11.9 Å². The molecular weight excluding hydrogens is 264 g/mol. The topological polar surface area (TPSA) is 92.9 Å². The van der Waals surface area contributed by atoms with Crippen LogP contribution in [-0.4, -0.2) is 42.3 Å². The van der Waals surface area contributed by atoms with Gasteiger partial charge in [0.1, 0.15) is 5.56 Å². The maximum Gasteiger partial charge on any atom is 0.342 e. The first-order valence-electron chi connectivity index (χ1n) is 6.33. The highest BCUT2D eigenvalue weighted by Gasteiger charge is 2.22. The number of carboxylic acids is 1. The Morgan fingerprint density at radius 3 is 2.90 bits per heavy atom. The molecule has 1 aromatic rings. The maximum atomic E-state index is 11.1. The molecule has 1 heterocycles. The van der Waals surface area contributed by atoms with Crippen LogP contribution in [-0.2, 0) is 4.74 Å². The average Bonchev–Trinajstić information content (AvgIpc) is 2.90. The molecule has 0 radical (unpaired) electrons. The van der Waals surface area contributed by atoms with Crippen molar-refractivity contribution in [1.29, 1.82) is 0 Å². The molecule has 0 bridgehead atoms. The van der Waals surface area contributed by atoms with Gasteiger partial charge in [0.15, 0.2) is 0 Å². The number of aromatic carboxylic acids is 1. The van der Waals surface area contributed by atoms with Crippen LogP contribution in [0.15, 0.2) is 18.2 Å². The summed E-state index contributed by atoms with van der Waals surface area (Å²) < 4.78 is 5.52. The second kappa shape index (κ2) is 5.87. The van der Waals surface area contributed by atoms with E-state index >= 15 is 0 Å². The number of nitrogens with zero attached hydrogens (tertiary/aromatic N) is 2. The molecule has 1 atom stereocenters. The fourth-order valence-corrected chi connectivity index (χ4v) is 2.29. The van der Waals surface area contributed by atoms with Crippen LogP contribution in [0, 0.1) is 10.1 Å². The quantitative estimate of drug-likeness (QED) is 0.654. The third-order valence-corrected chi connectivity index (χ3v) is 3.35. The van der Waals surface area contributed by atoms with E-state index < -0.39 is 16.6 Å². The number of likely N-dealkylation sites (N-methyl/N-ethyl adjacent to an activating group) is 1. The van der Waals surface area contributed by atoms with Crippen LogP contribution in [0.2, 0.25) is 0 Å². The second-order valence-corrected chi connectivity index (χ2v) is 4.78. The van der Waals surface area contributed by atoms with Gasteiger partial charge in [0.2, 0.25) is 0 Å². The lowest BCUT2D eigenvalue weighted by atomic mass is 10.1. The van der Waals surface area contributed by atoms with Crippen LogP contribution >= 0.6 is 0 Å². The van der Waals surface area contributed by atoms with E-state index in [0.29, 0.717) is 12.2 Å². The van der Waals surface area contributed by atoms with Crippen molar-refractivity contribution >= 4 is 17.3 Å². The first-order valence-corrected chi connectivity index (χ1v) is 6.33. The van der Waals surface area contributed by atoms with Crippen LogP contribution in [0.1, 0.15) is 23.2 Å². The largest absolute Gasteiger partial charge is 0.477 e. The number of hydrogen-bond acceptors (Lipinski definition) is 5. The molecule has 0 aliphatic carbocycles. The molecule has 20 heavy (non-hydrogen) atoms. The van der Waals surface area contributed by atoms with E-state index in [1.54, 1.807) is 6.07 Å². The van der Waals surface area contributed by atoms with Gasteiger partial charge in [0.25, 0.3) is 5.69 Å². The minimum atomic E-state index is -1.30. The summed E-state index contributed by atoms with van der Waals surface area (Å²) in [5.74, 6) is -1.30. The molecule has 1 aliphatic heterocycles. The number of nitro groups is 1. The van der Waals surface area contributed by atoms with Crippen LogP contribution < -0.4 is 4.90 Å². The number of nitro benzene ring substituents is 1. The Hall–Kier alpha value is -2.15. The number of ether oxygens (including phenoxy) is 1. The Labute approximate surface area is 115 Å². The highest BCUT2D eigenvalue weighted by Crippen LogP contribution is 2.25. The molecule has 1 aliphatic rings. The predicted octanol–water partition coefficient (Wildman–Crippen LogP) is 1.91. The van der Waals surface area contributed by atoms with E-state index in [0.717, 1.165) is 19.4 Å². The molecular formula is C13H16N2O5. The standard InChI is InChI=1S/C13H16N2O5/c1-14(8-10-3-2-6-20-10)9-4-5-12(15(18)19)11(7-9)13(16)17/h4-5,7,10H,2-3,6,8H2,1H3,(H,16,17). The summed E-state index contributed by atoms with van der Waals surface area (Å²) in [5.41, 5.74) is -0.0676. The summed E-state index contributed by atoms with van der Waals surface area (Å²) in [6.07, 6.45) is 2.13. The maximum absolute atomic E-state index is 11.1. The zero-order valence-electron chi connectivity index (χ0n) is 11.1. The summed E-state index contributed by atoms with van der Waals surface area (Å²) in [6, 6.07) is 4.11. The lowest BCUT2D eigenvalue weighted by Crippen LogP contribution is -2.28. The number of hydrogen-bond donors (Lipinski definition) is 1. The van der Waals surface area contributed by atoms with Crippen molar-refractivity contribution in [1.82, 2.24) is 0 Å². The van der Waals surface area contributed by atoms with Crippen LogP contribution in [0.25, 0.3) is 0 Å². The zero-order valence-corrected chi connectivity index (χ0v) is 11.1. The molecule has 2 rings (SSSR count). The van der Waals surface area contributed by atoms with E-state index in [4.69, 9.17) is 9.84 Å². The molecule has 0 amide bonds. The molecule has 1 fully saturated rings. The monoisotopic (exact) mass is 280 g/mol. The minimum absolute atomic E-state index is 0.128. The average molecular weight is 280 g/mol. The van der Waals surface area contributed by atoms with Gasteiger partial charge in [-0.1, -0.05) is 0 Å². The SMILES string of the molecule is CN(CC1CCCO1)c1ccc([N+](=O)[O-])c(C(=O)O)c1. The highest BCUT2D eigenvalue weighted by atomic mass is 16.6. The summed E-state index contributed by atoms with van der Waals surface area (Å²) in [6.45, 7) is 1.38. The Bertz CT molecular complexity index is 525. The van der Waals surface area contributed by atoms with E-state index in [-0.39, 0.29) is 11.7 Å². The molecule has 1 saturated heterocycles. The van der Waals surface area contributed by atoms with Gasteiger partial charge in [-0.05, 0) is 25.0 Å². The molecule has 7 nitrogen and oxygen atoms in total. The number of benzene rings is 1. The lowest BCUT2D eigenvalue weighted by Gasteiger charge is -2.23. The number of carboxylic acid groups (broad SMARTS) is 1. The molecule has 1 aromatic carbocycles. The van der Waals surface area contributed by atoms with Crippen LogP contribution in [0.5, 0.6) is 0 Å². The Morgan fingerprint density at radius 2 is 2.35 bits per heavy atom. The molecule has 0 saturated carbocycles. The summed E-state index contributed by atoms with van der Waals surface area (Å²) in [5, 5.41) is 19.9. The van der Waals surface area contributed by atoms with Crippen molar-refractivity contribution in [2.45, 2.75) is 18.9 Å². The zero-order chi connectivity index (χ0) is 14.7. The van der Waals surface area contributed by atoms with Gasteiger partial charge in [-0.25, -0.2) is 4.79 Å².